The molecular formula is C22H28N6O. The number of aryl methyl sites for hydroxylation is 1. The first kappa shape index (κ1) is 19.5. The fraction of sp³-hybridized carbons (Fsp3) is 0.455. The smallest absolute Gasteiger partial charge is 0.255 e. The topological polar surface area (TPSA) is 79.7 Å². The predicted molar refractivity (Wildman–Crippen MR) is 113 cm³/mol. The van der Waals surface area contributed by atoms with Crippen LogP contribution in [0, 0.1) is 13.8 Å². The largest absolute Gasteiger partial charge is 0.306 e. The van der Waals surface area contributed by atoms with Crippen molar-refractivity contribution in [1.29, 1.82) is 0 Å². The molecule has 0 unspecified atom stereocenters. The Hall–Kier alpha value is -2.80. The molecule has 1 N–H and O–H groups in total. The average molecular weight is 393 g/mol. The van der Waals surface area contributed by atoms with Crippen LogP contribution in [0.2, 0.25) is 0 Å². The van der Waals surface area contributed by atoms with E-state index in [9.17, 15) is 4.79 Å². The highest BCUT2D eigenvalue weighted by atomic mass is 16.1. The Balaban J connectivity index is 1.59. The molecule has 0 saturated heterocycles. The maximum Gasteiger partial charge on any atom is 0.255 e. The first-order valence-corrected chi connectivity index (χ1v) is 10.0. The molecule has 7 heteroatoms. The Morgan fingerprint density at radius 2 is 2.03 bits per heavy atom. The molecule has 0 amide bonds. The average Bonchev–Trinajstić information content (AvgIpc) is 2.97. The van der Waals surface area contributed by atoms with Crippen LogP contribution in [0.4, 0.5) is 0 Å². The van der Waals surface area contributed by atoms with Crippen LogP contribution in [-0.2, 0) is 25.0 Å². The molecule has 7 nitrogen and oxygen atoms in total. The van der Waals surface area contributed by atoms with E-state index in [4.69, 9.17) is 10.1 Å². The van der Waals surface area contributed by atoms with Crippen LogP contribution in [0.1, 0.15) is 49.0 Å². The van der Waals surface area contributed by atoms with Crippen molar-refractivity contribution in [3.8, 4) is 11.4 Å². The maximum absolute atomic E-state index is 12.8. The first-order chi connectivity index (χ1) is 13.7. The monoisotopic (exact) mass is 392 g/mol. The third kappa shape index (κ3) is 3.74. The number of rotatable bonds is 3. The van der Waals surface area contributed by atoms with E-state index >= 15 is 0 Å². The summed E-state index contributed by atoms with van der Waals surface area (Å²) in [4.78, 5) is 26.8. The molecule has 1 aliphatic rings. The van der Waals surface area contributed by atoms with Gasteiger partial charge in [-0.1, -0.05) is 0 Å². The standard InChI is InChI=1S/C22H28N6O/c1-14-17(15(2)28(26-14)22(3,4)5)12-27-10-8-19-18(13-27)21(29)25-20(24-19)16-7-6-9-23-11-16/h6-7,9,11H,8,10,12-13H2,1-5H3,(H,24,25,29). The van der Waals surface area contributed by atoms with Crippen molar-refractivity contribution in [3.05, 3.63) is 63.1 Å². The van der Waals surface area contributed by atoms with Gasteiger partial charge in [0.25, 0.3) is 5.56 Å². The van der Waals surface area contributed by atoms with Gasteiger partial charge < -0.3 is 4.98 Å². The Kier molecular flexibility index (Phi) is 4.86. The molecule has 0 aromatic carbocycles. The molecule has 0 radical (unpaired) electrons. The zero-order valence-electron chi connectivity index (χ0n) is 17.8. The van der Waals surface area contributed by atoms with Gasteiger partial charge in [-0.05, 0) is 46.8 Å². The summed E-state index contributed by atoms with van der Waals surface area (Å²) in [6.45, 7) is 13.0. The lowest BCUT2D eigenvalue weighted by Gasteiger charge is -2.28. The second kappa shape index (κ2) is 7.22. The summed E-state index contributed by atoms with van der Waals surface area (Å²) < 4.78 is 2.10. The molecule has 3 aromatic rings. The molecule has 0 spiro atoms. The van der Waals surface area contributed by atoms with Crippen LogP contribution >= 0.6 is 0 Å². The predicted octanol–water partition coefficient (Wildman–Crippen LogP) is 2.96. The molecular weight excluding hydrogens is 364 g/mol. The number of fused-ring (bicyclic) bond motifs is 1. The summed E-state index contributed by atoms with van der Waals surface area (Å²) in [6.07, 6.45) is 4.19. The molecule has 0 saturated carbocycles. The van der Waals surface area contributed by atoms with Gasteiger partial charge in [-0.25, -0.2) is 4.98 Å². The second-order valence-electron chi connectivity index (χ2n) is 8.77. The maximum atomic E-state index is 12.8. The Morgan fingerprint density at radius 3 is 2.69 bits per heavy atom. The number of aromatic nitrogens is 5. The SMILES string of the molecule is Cc1nn(C(C)(C)C)c(C)c1CN1CCc2nc(-c3cccnc3)[nH]c(=O)c2C1. The van der Waals surface area contributed by atoms with Gasteiger partial charge in [0, 0.05) is 55.3 Å². The minimum atomic E-state index is -0.0580. The number of H-pyrrole nitrogens is 1. The number of nitrogens with one attached hydrogen (secondary N) is 1. The number of aromatic amines is 1. The highest BCUT2D eigenvalue weighted by molar-refractivity contribution is 5.53. The Bertz CT molecular complexity index is 1090. The third-order valence-corrected chi connectivity index (χ3v) is 5.54. The molecule has 0 atom stereocenters. The van der Waals surface area contributed by atoms with Crippen LogP contribution in [0.15, 0.2) is 29.3 Å². The molecule has 0 bridgehead atoms. The van der Waals surface area contributed by atoms with E-state index in [1.165, 1.54) is 11.3 Å². The van der Waals surface area contributed by atoms with Crippen molar-refractivity contribution in [2.75, 3.05) is 6.54 Å². The van der Waals surface area contributed by atoms with Crippen molar-refractivity contribution >= 4 is 0 Å². The zero-order chi connectivity index (χ0) is 20.8. The van der Waals surface area contributed by atoms with Gasteiger partial charge in [0.1, 0.15) is 5.82 Å². The van der Waals surface area contributed by atoms with E-state index in [-0.39, 0.29) is 11.1 Å². The summed E-state index contributed by atoms with van der Waals surface area (Å²) >= 11 is 0. The summed E-state index contributed by atoms with van der Waals surface area (Å²) in [5.41, 5.74) is 5.88. The van der Waals surface area contributed by atoms with E-state index in [1.807, 2.05) is 12.1 Å². The molecule has 152 valence electrons. The number of nitrogens with zero attached hydrogens (tertiary/aromatic N) is 5. The normalized spacial score (nSPS) is 14.8. The lowest BCUT2D eigenvalue weighted by molar-refractivity contribution is 0.240. The van der Waals surface area contributed by atoms with Crippen molar-refractivity contribution in [1.82, 2.24) is 29.6 Å². The van der Waals surface area contributed by atoms with Crippen LogP contribution in [0.3, 0.4) is 0 Å². The summed E-state index contributed by atoms with van der Waals surface area (Å²) in [5, 5.41) is 4.76. The zero-order valence-corrected chi connectivity index (χ0v) is 17.8. The molecule has 3 aromatic heterocycles. The van der Waals surface area contributed by atoms with Crippen molar-refractivity contribution in [2.24, 2.45) is 0 Å². The first-order valence-electron chi connectivity index (χ1n) is 10.0. The summed E-state index contributed by atoms with van der Waals surface area (Å²) in [5.74, 6) is 0.591. The van der Waals surface area contributed by atoms with Gasteiger partial charge in [0.05, 0.1) is 22.5 Å². The molecule has 4 rings (SSSR count). The molecule has 4 heterocycles. The number of hydrogen-bond acceptors (Lipinski definition) is 5. The fourth-order valence-corrected chi connectivity index (χ4v) is 4.04. The van der Waals surface area contributed by atoms with E-state index < -0.39 is 0 Å². The van der Waals surface area contributed by atoms with E-state index in [1.54, 1.807) is 12.4 Å². The number of hydrogen-bond donors (Lipinski definition) is 1. The molecule has 0 aliphatic carbocycles. The molecule has 0 fully saturated rings. The minimum Gasteiger partial charge on any atom is -0.306 e. The lowest BCUT2D eigenvalue weighted by atomic mass is 10.0. The highest BCUT2D eigenvalue weighted by Crippen LogP contribution is 2.25. The van der Waals surface area contributed by atoms with Crippen molar-refractivity contribution < 1.29 is 0 Å². The molecule has 1 aliphatic heterocycles. The van der Waals surface area contributed by atoms with Crippen LogP contribution in [-0.4, -0.2) is 36.2 Å². The van der Waals surface area contributed by atoms with E-state index in [0.717, 1.165) is 42.0 Å². The van der Waals surface area contributed by atoms with Crippen LogP contribution in [0.25, 0.3) is 11.4 Å². The Labute approximate surface area is 170 Å². The van der Waals surface area contributed by atoms with Gasteiger partial charge in [-0.3, -0.25) is 19.4 Å². The van der Waals surface area contributed by atoms with Gasteiger partial charge >= 0.3 is 0 Å². The highest BCUT2D eigenvalue weighted by Gasteiger charge is 2.25. The van der Waals surface area contributed by atoms with Gasteiger partial charge in [-0.15, -0.1) is 0 Å². The van der Waals surface area contributed by atoms with Crippen LogP contribution < -0.4 is 5.56 Å². The molecule has 29 heavy (non-hydrogen) atoms. The van der Waals surface area contributed by atoms with Gasteiger partial charge in [0.15, 0.2) is 0 Å². The van der Waals surface area contributed by atoms with Crippen LogP contribution in [0.5, 0.6) is 0 Å². The van der Waals surface area contributed by atoms with Crippen molar-refractivity contribution in [2.45, 2.75) is 59.7 Å². The fourth-order valence-electron chi connectivity index (χ4n) is 4.04. The number of pyridine rings is 1. The quantitative estimate of drug-likeness (QED) is 0.741. The van der Waals surface area contributed by atoms with E-state index in [2.05, 4.69) is 54.2 Å². The third-order valence-electron chi connectivity index (χ3n) is 5.54. The summed E-state index contributed by atoms with van der Waals surface area (Å²) in [7, 11) is 0. The van der Waals surface area contributed by atoms with Crippen molar-refractivity contribution in [3.63, 3.8) is 0 Å². The van der Waals surface area contributed by atoms with Gasteiger partial charge in [0.2, 0.25) is 0 Å². The minimum absolute atomic E-state index is 0.0502. The Morgan fingerprint density at radius 1 is 1.24 bits per heavy atom. The summed E-state index contributed by atoms with van der Waals surface area (Å²) in [6, 6.07) is 3.75. The lowest BCUT2D eigenvalue weighted by Crippen LogP contribution is -2.35. The van der Waals surface area contributed by atoms with Gasteiger partial charge in [-0.2, -0.15) is 5.10 Å². The second-order valence-corrected chi connectivity index (χ2v) is 8.77. The van der Waals surface area contributed by atoms with E-state index in [0.29, 0.717) is 12.4 Å².